The molecular weight excluding hydrogens is 212 g/mol. The number of esters is 1. The number of hydrogen-bond donors (Lipinski definition) is 0. The fourth-order valence-electron chi connectivity index (χ4n) is 1.76. The number of rotatable bonds is 5. The van der Waals surface area contributed by atoms with Gasteiger partial charge in [0.2, 0.25) is 0 Å². The quantitative estimate of drug-likeness (QED) is 0.675. The molecule has 2 aliphatic rings. The van der Waals surface area contributed by atoms with Gasteiger partial charge in [0, 0.05) is 5.75 Å². The van der Waals surface area contributed by atoms with Gasteiger partial charge in [-0.2, -0.15) is 11.8 Å². The first-order valence-corrected chi connectivity index (χ1v) is 6.79. The van der Waals surface area contributed by atoms with E-state index in [2.05, 4.69) is 0 Å². The normalized spacial score (nSPS) is 27.7. The summed E-state index contributed by atoms with van der Waals surface area (Å²) in [6.45, 7) is 2.89. The number of carbonyl (C=O) groups is 1. The highest BCUT2D eigenvalue weighted by Gasteiger charge is 2.52. The zero-order valence-electron chi connectivity index (χ0n) is 9.16. The average molecular weight is 230 g/mol. The van der Waals surface area contributed by atoms with Crippen LogP contribution in [0.15, 0.2) is 0 Å². The lowest BCUT2D eigenvalue weighted by molar-refractivity contribution is -0.153. The van der Waals surface area contributed by atoms with Gasteiger partial charge in [0.05, 0.1) is 24.7 Å². The fraction of sp³-hybridized carbons (Fsp3) is 0.909. The van der Waals surface area contributed by atoms with Gasteiger partial charge >= 0.3 is 5.97 Å². The van der Waals surface area contributed by atoms with Crippen molar-refractivity contribution in [2.45, 2.75) is 32.3 Å². The molecule has 0 aromatic heterocycles. The molecule has 0 spiro atoms. The summed E-state index contributed by atoms with van der Waals surface area (Å²) < 4.78 is 10.8. The Kier molecular flexibility index (Phi) is 3.57. The van der Waals surface area contributed by atoms with Crippen LogP contribution in [0.1, 0.15) is 26.2 Å². The lowest BCUT2D eigenvalue weighted by Crippen LogP contribution is -2.27. The molecule has 0 aromatic rings. The van der Waals surface area contributed by atoms with Crippen LogP contribution in [0.3, 0.4) is 0 Å². The highest BCUT2D eigenvalue weighted by atomic mass is 32.2. The van der Waals surface area contributed by atoms with Crippen LogP contribution >= 0.6 is 11.8 Å². The van der Waals surface area contributed by atoms with E-state index < -0.39 is 0 Å². The molecule has 0 aromatic carbocycles. The Hall–Kier alpha value is -0.220. The van der Waals surface area contributed by atoms with Crippen molar-refractivity contribution >= 4 is 17.7 Å². The summed E-state index contributed by atoms with van der Waals surface area (Å²) in [7, 11) is 0. The minimum Gasteiger partial charge on any atom is -0.465 e. The van der Waals surface area contributed by atoms with E-state index in [1.807, 2.05) is 18.7 Å². The molecule has 1 saturated carbocycles. The Morgan fingerprint density at radius 3 is 2.87 bits per heavy atom. The molecule has 1 aliphatic carbocycles. The van der Waals surface area contributed by atoms with Crippen molar-refractivity contribution < 1.29 is 14.3 Å². The Bertz CT molecular complexity index is 232. The SMILES string of the molecule is CCOC(=O)C1(COC2CCSC2)CC1. The van der Waals surface area contributed by atoms with Crippen molar-refractivity contribution in [3.8, 4) is 0 Å². The second-order valence-electron chi connectivity index (χ2n) is 4.30. The van der Waals surface area contributed by atoms with Crippen molar-refractivity contribution in [2.75, 3.05) is 24.7 Å². The predicted octanol–water partition coefficient (Wildman–Crippen LogP) is 1.85. The van der Waals surface area contributed by atoms with Gasteiger partial charge in [-0.3, -0.25) is 4.79 Å². The first kappa shape index (κ1) is 11.3. The molecule has 0 radical (unpaired) electrons. The summed E-state index contributed by atoms with van der Waals surface area (Å²) >= 11 is 1.93. The molecule has 15 heavy (non-hydrogen) atoms. The van der Waals surface area contributed by atoms with Crippen molar-refractivity contribution in [3.05, 3.63) is 0 Å². The van der Waals surface area contributed by atoms with Crippen LogP contribution in [0, 0.1) is 5.41 Å². The minimum atomic E-state index is -0.275. The molecule has 0 N–H and O–H groups in total. The Morgan fingerprint density at radius 2 is 2.33 bits per heavy atom. The van der Waals surface area contributed by atoms with Crippen molar-refractivity contribution in [1.82, 2.24) is 0 Å². The van der Waals surface area contributed by atoms with E-state index in [4.69, 9.17) is 9.47 Å². The molecule has 2 fully saturated rings. The van der Waals surface area contributed by atoms with Gasteiger partial charge in [0.25, 0.3) is 0 Å². The topological polar surface area (TPSA) is 35.5 Å². The zero-order chi connectivity index (χ0) is 10.7. The van der Waals surface area contributed by atoms with Gasteiger partial charge in [-0.05, 0) is 31.9 Å². The summed E-state index contributed by atoms with van der Waals surface area (Å²) in [5.41, 5.74) is -0.275. The van der Waals surface area contributed by atoms with Gasteiger partial charge in [0.1, 0.15) is 0 Å². The minimum absolute atomic E-state index is 0.0596. The maximum atomic E-state index is 11.6. The summed E-state index contributed by atoms with van der Waals surface area (Å²) in [6, 6.07) is 0. The molecule has 1 atom stereocenters. The van der Waals surface area contributed by atoms with E-state index in [-0.39, 0.29) is 11.4 Å². The van der Waals surface area contributed by atoms with Crippen LogP contribution in [0.25, 0.3) is 0 Å². The third-order valence-corrected chi connectivity index (χ3v) is 4.18. The summed E-state index contributed by atoms with van der Waals surface area (Å²) in [5, 5.41) is 0. The number of ether oxygens (including phenoxy) is 2. The van der Waals surface area contributed by atoms with Gasteiger partial charge < -0.3 is 9.47 Å². The maximum absolute atomic E-state index is 11.6. The van der Waals surface area contributed by atoms with Gasteiger partial charge in [-0.25, -0.2) is 0 Å². The average Bonchev–Trinajstić information content (AvgIpc) is 2.85. The Labute approximate surface area is 94.9 Å². The van der Waals surface area contributed by atoms with E-state index in [0.717, 1.165) is 25.0 Å². The second-order valence-corrected chi connectivity index (χ2v) is 5.45. The molecule has 2 rings (SSSR count). The van der Waals surface area contributed by atoms with E-state index in [0.29, 0.717) is 19.3 Å². The summed E-state index contributed by atoms with van der Waals surface area (Å²) in [4.78, 5) is 11.6. The standard InChI is InChI=1S/C11H18O3S/c1-2-13-10(12)11(4-5-11)8-14-9-3-6-15-7-9/h9H,2-8H2,1H3. The van der Waals surface area contributed by atoms with Crippen molar-refractivity contribution in [3.63, 3.8) is 0 Å². The smallest absolute Gasteiger partial charge is 0.314 e. The lowest BCUT2D eigenvalue weighted by atomic mass is 10.1. The van der Waals surface area contributed by atoms with Crippen molar-refractivity contribution in [1.29, 1.82) is 0 Å². The molecule has 1 aliphatic heterocycles. The van der Waals surface area contributed by atoms with Crippen LogP contribution in [0.5, 0.6) is 0 Å². The molecule has 1 heterocycles. The highest BCUT2D eigenvalue weighted by molar-refractivity contribution is 7.99. The van der Waals surface area contributed by atoms with Crippen LogP contribution in [-0.2, 0) is 14.3 Å². The molecule has 0 amide bonds. The highest BCUT2D eigenvalue weighted by Crippen LogP contribution is 2.47. The number of thioether (sulfide) groups is 1. The van der Waals surface area contributed by atoms with Crippen LogP contribution in [-0.4, -0.2) is 36.8 Å². The van der Waals surface area contributed by atoms with Gasteiger partial charge in [-0.15, -0.1) is 0 Å². The Balaban J connectivity index is 1.75. The van der Waals surface area contributed by atoms with E-state index in [1.165, 1.54) is 5.75 Å². The van der Waals surface area contributed by atoms with Crippen LogP contribution in [0.2, 0.25) is 0 Å². The molecular formula is C11H18O3S. The summed E-state index contributed by atoms with van der Waals surface area (Å²) in [5.74, 6) is 2.21. The molecule has 3 nitrogen and oxygen atoms in total. The van der Waals surface area contributed by atoms with Gasteiger partial charge in [0.15, 0.2) is 0 Å². The van der Waals surface area contributed by atoms with E-state index >= 15 is 0 Å². The monoisotopic (exact) mass is 230 g/mol. The molecule has 0 bridgehead atoms. The largest absolute Gasteiger partial charge is 0.465 e. The van der Waals surface area contributed by atoms with Crippen molar-refractivity contribution in [2.24, 2.45) is 5.41 Å². The first-order chi connectivity index (χ1) is 7.27. The fourth-order valence-corrected chi connectivity index (χ4v) is 2.89. The zero-order valence-corrected chi connectivity index (χ0v) is 9.98. The van der Waals surface area contributed by atoms with E-state index in [1.54, 1.807) is 0 Å². The Morgan fingerprint density at radius 1 is 1.53 bits per heavy atom. The third-order valence-electron chi connectivity index (χ3n) is 3.05. The number of hydrogen-bond acceptors (Lipinski definition) is 4. The second kappa shape index (κ2) is 4.74. The molecule has 1 saturated heterocycles. The third kappa shape index (κ3) is 2.67. The van der Waals surface area contributed by atoms with Crippen LogP contribution < -0.4 is 0 Å². The maximum Gasteiger partial charge on any atom is 0.314 e. The van der Waals surface area contributed by atoms with Gasteiger partial charge in [-0.1, -0.05) is 0 Å². The molecule has 1 unspecified atom stereocenters. The summed E-state index contributed by atoms with van der Waals surface area (Å²) in [6.07, 6.45) is 3.36. The first-order valence-electron chi connectivity index (χ1n) is 5.63. The number of carbonyl (C=O) groups excluding carboxylic acids is 1. The lowest BCUT2D eigenvalue weighted by Gasteiger charge is -2.17. The van der Waals surface area contributed by atoms with E-state index in [9.17, 15) is 4.79 Å². The predicted molar refractivity (Wildman–Crippen MR) is 60.0 cm³/mol. The van der Waals surface area contributed by atoms with Crippen LogP contribution in [0.4, 0.5) is 0 Å². The molecule has 4 heteroatoms. The molecule has 86 valence electrons.